The fourth-order valence-corrected chi connectivity index (χ4v) is 12.5. The summed E-state index contributed by atoms with van der Waals surface area (Å²) in [5.41, 5.74) is 7.24. The molecule has 0 radical (unpaired) electrons. The van der Waals surface area contributed by atoms with Gasteiger partial charge in [-0.15, -0.1) is 0 Å². The normalized spacial score (nSPS) is 12.2. The van der Waals surface area contributed by atoms with Crippen LogP contribution in [0.3, 0.4) is 0 Å². The van der Waals surface area contributed by atoms with E-state index in [-0.39, 0.29) is 34.0 Å². The molecule has 0 amide bonds. The summed E-state index contributed by atoms with van der Waals surface area (Å²) >= 11 is 1.72. The van der Waals surface area contributed by atoms with Crippen LogP contribution in [0.25, 0.3) is 0 Å². The van der Waals surface area contributed by atoms with Crippen LogP contribution in [0.2, 0.25) is 0 Å². The Kier molecular flexibility index (Phi) is 51.3. The van der Waals surface area contributed by atoms with E-state index in [4.69, 9.17) is 14.2 Å². The van der Waals surface area contributed by atoms with Crippen LogP contribution in [0, 0.1) is 5.92 Å². The minimum absolute atomic E-state index is 0.0124. The van der Waals surface area contributed by atoms with E-state index in [9.17, 15) is 18.0 Å². The van der Waals surface area contributed by atoms with Gasteiger partial charge in [-0.1, -0.05) is 249 Å². The van der Waals surface area contributed by atoms with Gasteiger partial charge in [0.1, 0.15) is 5.41 Å². The van der Waals surface area contributed by atoms with Crippen LogP contribution in [-0.2, 0) is 42.9 Å². The number of halogens is 3. The van der Waals surface area contributed by atoms with Gasteiger partial charge in [-0.25, -0.2) is 0 Å². The molecule has 5 rings (SSSR count). The highest BCUT2D eigenvalue weighted by Crippen LogP contribution is 2.46. The first-order valence-electron chi connectivity index (χ1n) is 37.2. The molecule has 0 heterocycles. The number of benzene rings is 5. The second kappa shape index (κ2) is 55.4. The van der Waals surface area contributed by atoms with E-state index in [1.54, 1.807) is 64.3 Å². The molecule has 11 nitrogen and oxygen atoms in total. The second-order valence-corrected chi connectivity index (χ2v) is 28.0. The third-order valence-electron chi connectivity index (χ3n) is 18.3. The molecule has 0 aromatic heterocycles. The highest BCUT2D eigenvalue weighted by molar-refractivity contribution is 7.99. The lowest BCUT2D eigenvalue weighted by Crippen LogP contribution is -2.40. The number of carbonyl (C=O) groups is 1. The van der Waals surface area contributed by atoms with E-state index in [0.717, 1.165) is 60.2 Å². The van der Waals surface area contributed by atoms with Gasteiger partial charge in [0.2, 0.25) is 0 Å². The van der Waals surface area contributed by atoms with Crippen molar-refractivity contribution in [2.45, 2.75) is 238 Å². The summed E-state index contributed by atoms with van der Waals surface area (Å²) < 4.78 is 57.6. The smallest absolute Gasteiger partial charge is 0.402 e. The first-order chi connectivity index (χ1) is 47.2. The number of anilines is 4. The van der Waals surface area contributed by atoms with Gasteiger partial charge in [0.15, 0.2) is 0 Å². The van der Waals surface area contributed by atoms with Crippen molar-refractivity contribution in [3.05, 3.63) is 155 Å². The predicted molar refractivity (Wildman–Crippen MR) is 421 cm³/mol. The molecule has 0 saturated carbocycles. The zero-order valence-corrected chi connectivity index (χ0v) is 65.0. The first-order valence-corrected chi connectivity index (χ1v) is 38.3. The average Bonchev–Trinajstić information content (AvgIpc) is 0.761. The maximum absolute atomic E-state index is 13.8. The number of esters is 1. The van der Waals surface area contributed by atoms with Gasteiger partial charge in [0.05, 0.1) is 24.7 Å². The summed E-state index contributed by atoms with van der Waals surface area (Å²) in [6.45, 7) is 18.5. The number of rotatable bonds is 46. The Balaban J connectivity index is 0.000000629. The molecule has 0 aliphatic rings. The average molecular weight is 1390 g/mol. The molecule has 5 aromatic carbocycles. The monoisotopic (exact) mass is 1390 g/mol. The fraction of sp³-hybridized carbons (Fsp3) is 0.627. The molecule has 7 N–H and O–H groups in total. The number of hydrogen-bond acceptors (Lipinski definition) is 12. The van der Waals surface area contributed by atoms with Gasteiger partial charge < -0.3 is 51.4 Å². The number of methoxy groups -OCH3 is 2. The van der Waals surface area contributed by atoms with E-state index >= 15 is 0 Å². The first kappa shape index (κ1) is 90.7. The maximum Gasteiger partial charge on any atom is 0.402 e. The summed E-state index contributed by atoms with van der Waals surface area (Å²) in [5.74, 6) is 1.39. The highest BCUT2D eigenvalue weighted by atomic mass is 32.2. The summed E-state index contributed by atoms with van der Waals surface area (Å²) in [5, 5.41) is 21.6. The molecule has 2 atom stereocenters. The number of carbonyl (C=O) groups excluding carboxylic acids is 1. The van der Waals surface area contributed by atoms with Crippen molar-refractivity contribution in [1.29, 1.82) is 0 Å². The van der Waals surface area contributed by atoms with Gasteiger partial charge in [0.25, 0.3) is 0 Å². The molecular formula is C83H138F3N7O4S. The lowest BCUT2D eigenvalue weighted by atomic mass is 9.75. The van der Waals surface area contributed by atoms with E-state index in [1.165, 1.54) is 201 Å². The Morgan fingerprint density at radius 3 is 1.04 bits per heavy atom. The van der Waals surface area contributed by atoms with E-state index < -0.39 is 11.6 Å². The van der Waals surface area contributed by atoms with Crippen LogP contribution in [-0.4, -0.2) is 113 Å². The SMILES string of the molecule is CCCCCCCCCCCCCCNC.CCCCCCCCCCCCCCOC(=O)C(C)CSCC(C)(COC)OC.CNCc1ccc(CNC)cc1.CNc1ccc(C(C)(C)c2ccc(NC)cc2)cc1.CNc1ccc(C(C)(c2ccc(NC)cc2)C(F)(F)F)cc1. The van der Waals surface area contributed by atoms with Gasteiger partial charge in [-0.2, -0.15) is 24.9 Å². The summed E-state index contributed by atoms with van der Waals surface area (Å²) in [6.07, 6.45) is 28.7. The Labute approximate surface area is 600 Å². The van der Waals surface area contributed by atoms with Gasteiger partial charge in [0, 0.05) is 95.2 Å². The Bertz CT molecular complexity index is 2530. The Morgan fingerprint density at radius 1 is 0.439 bits per heavy atom. The minimum atomic E-state index is -4.39. The van der Waals surface area contributed by atoms with E-state index in [1.807, 2.05) is 49.1 Å². The lowest BCUT2D eigenvalue weighted by Gasteiger charge is -2.33. The molecule has 0 aliphatic carbocycles. The third-order valence-corrected chi connectivity index (χ3v) is 19.8. The predicted octanol–water partition coefficient (Wildman–Crippen LogP) is 21.4. The van der Waals surface area contributed by atoms with Crippen molar-refractivity contribution in [2.24, 2.45) is 5.92 Å². The Hall–Kier alpha value is -5.29. The van der Waals surface area contributed by atoms with Crippen molar-refractivity contribution >= 4 is 40.5 Å². The molecule has 98 heavy (non-hydrogen) atoms. The quantitative estimate of drug-likeness (QED) is 0.0148. The van der Waals surface area contributed by atoms with E-state index in [2.05, 4.69) is 138 Å². The van der Waals surface area contributed by atoms with Gasteiger partial charge in [-0.05, 0) is 136 Å². The molecule has 0 bridgehead atoms. The maximum atomic E-state index is 13.8. The number of nitrogens with one attached hydrogen (secondary N) is 7. The van der Waals surface area contributed by atoms with Crippen molar-refractivity contribution < 1.29 is 32.2 Å². The molecule has 556 valence electrons. The molecule has 2 unspecified atom stereocenters. The molecule has 0 spiro atoms. The molecular weight excluding hydrogens is 1250 g/mol. The number of unbranched alkanes of at least 4 members (excludes halogenated alkanes) is 22. The highest BCUT2D eigenvalue weighted by Gasteiger charge is 2.53. The molecule has 0 aliphatic heterocycles. The van der Waals surface area contributed by atoms with Crippen LogP contribution in [0.4, 0.5) is 35.9 Å². The van der Waals surface area contributed by atoms with Crippen LogP contribution >= 0.6 is 11.8 Å². The summed E-state index contributed by atoms with van der Waals surface area (Å²) in [4.78, 5) is 12.1. The minimum Gasteiger partial charge on any atom is -0.465 e. The zero-order valence-electron chi connectivity index (χ0n) is 64.2. The number of thioether (sulfide) groups is 1. The molecule has 15 heteroatoms. The second-order valence-electron chi connectivity index (χ2n) is 27.0. The Morgan fingerprint density at radius 2 is 0.755 bits per heavy atom. The van der Waals surface area contributed by atoms with Crippen molar-refractivity contribution in [3.63, 3.8) is 0 Å². The standard InChI is InChI=1S/C24H48O4S.C17H19F3N2.C17H22N2.C15H33N.C10H16N2/c1-6-7-8-9-10-11-12-13-14-15-16-17-18-28-23(25)22(2)19-29-21-24(3,27-5)20-26-4;1-16(17(18,19)20,12-4-8-14(21-2)9-5-12)13-6-10-15(22-3)11-7-13;1-17(2,13-5-9-15(18-3)10-6-13)14-7-11-16(19-4)12-8-14;1-3-4-5-6-7-8-9-10-11-12-13-14-15-16-2;1-11-7-9-3-5-10(6-4-9)8-12-2/h22H,6-21H2,1-5H3;4-11,21-22H,1-3H3;5-12,18-19H,1-4H3;16H,3-15H2,1-2H3;3-6,11-12H,7-8H2,1-2H3. The van der Waals surface area contributed by atoms with E-state index in [0.29, 0.717) is 13.2 Å². The third kappa shape index (κ3) is 38.5. The molecule has 5 aromatic rings. The number of ether oxygens (including phenoxy) is 3. The van der Waals surface area contributed by atoms with Crippen LogP contribution in [0.1, 0.15) is 236 Å². The van der Waals surface area contributed by atoms with Crippen LogP contribution in [0.15, 0.2) is 121 Å². The van der Waals surface area contributed by atoms with Gasteiger partial charge >= 0.3 is 12.1 Å². The van der Waals surface area contributed by atoms with Crippen LogP contribution in [0.5, 0.6) is 0 Å². The summed E-state index contributed by atoms with van der Waals surface area (Å²) in [6, 6.07) is 38.6. The van der Waals surface area contributed by atoms with Crippen LogP contribution < -0.4 is 37.2 Å². The molecule has 0 fully saturated rings. The topological polar surface area (TPSA) is 129 Å². The zero-order chi connectivity index (χ0) is 72.8. The van der Waals surface area contributed by atoms with Crippen molar-refractivity contribution in [3.8, 4) is 0 Å². The van der Waals surface area contributed by atoms with Gasteiger partial charge in [-0.3, -0.25) is 4.79 Å². The summed E-state index contributed by atoms with van der Waals surface area (Å²) in [7, 11) is 16.7. The number of hydrogen-bond donors (Lipinski definition) is 7. The van der Waals surface area contributed by atoms with Crippen molar-refractivity contribution in [1.82, 2.24) is 16.0 Å². The largest absolute Gasteiger partial charge is 0.465 e. The molecule has 0 saturated heterocycles. The lowest BCUT2D eigenvalue weighted by molar-refractivity contribution is -0.173. The number of alkyl halides is 3. The fourth-order valence-electron chi connectivity index (χ4n) is 11.3. The van der Waals surface area contributed by atoms with Crippen molar-refractivity contribution in [2.75, 3.05) is 116 Å².